The first-order valence-electron chi connectivity index (χ1n) is 10.3. The molecule has 176 valence electrons. The van der Waals surface area contributed by atoms with E-state index < -0.39 is 25.0 Å². The summed E-state index contributed by atoms with van der Waals surface area (Å²) < 4.78 is 51.9. The van der Waals surface area contributed by atoms with Crippen molar-refractivity contribution < 1.29 is 37.6 Å². The van der Waals surface area contributed by atoms with Gasteiger partial charge in [0.1, 0.15) is 19.0 Å². The number of halogens is 4. The summed E-state index contributed by atoms with van der Waals surface area (Å²) in [5.41, 5.74) is 2.76. The molecule has 2 N–H and O–H groups in total. The van der Waals surface area contributed by atoms with Crippen LogP contribution >= 0.6 is 11.6 Å². The van der Waals surface area contributed by atoms with Crippen molar-refractivity contribution in [3.8, 4) is 5.75 Å². The molecule has 0 saturated carbocycles. The maximum atomic E-state index is 12.0. The highest BCUT2D eigenvalue weighted by molar-refractivity contribution is 6.31. The molecule has 0 amide bonds. The molecule has 1 fully saturated rings. The van der Waals surface area contributed by atoms with Gasteiger partial charge in [0.15, 0.2) is 0 Å². The number of aliphatic hydroxyl groups excluding tert-OH is 2. The minimum Gasteiger partial charge on any atom is -0.491 e. The van der Waals surface area contributed by atoms with Gasteiger partial charge in [0.05, 0.1) is 31.5 Å². The minimum absolute atomic E-state index is 0.0192. The molecule has 32 heavy (non-hydrogen) atoms. The van der Waals surface area contributed by atoms with Crippen molar-refractivity contribution in [2.75, 3.05) is 26.4 Å². The number of ether oxygens (including phenoxy) is 3. The first kappa shape index (κ1) is 24.8. The summed E-state index contributed by atoms with van der Waals surface area (Å²) in [5.74, 6) is 0.531. The van der Waals surface area contributed by atoms with Crippen molar-refractivity contribution in [3.05, 3.63) is 64.2 Å². The van der Waals surface area contributed by atoms with Crippen molar-refractivity contribution in [2.45, 2.75) is 43.8 Å². The molecule has 1 aliphatic heterocycles. The van der Waals surface area contributed by atoms with Crippen LogP contribution in [0.2, 0.25) is 5.02 Å². The van der Waals surface area contributed by atoms with E-state index in [0.29, 0.717) is 30.0 Å². The number of hydrogen-bond donors (Lipinski definition) is 2. The van der Waals surface area contributed by atoms with Crippen molar-refractivity contribution >= 4 is 11.6 Å². The lowest BCUT2D eigenvalue weighted by molar-refractivity contribution is -0.175. The first-order chi connectivity index (χ1) is 15.2. The first-order valence-corrected chi connectivity index (χ1v) is 10.7. The van der Waals surface area contributed by atoms with Gasteiger partial charge in [-0.2, -0.15) is 13.2 Å². The van der Waals surface area contributed by atoms with Crippen molar-refractivity contribution in [1.29, 1.82) is 0 Å². The molecule has 0 aromatic heterocycles. The van der Waals surface area contributed by atoms with E-state index in [4.69, 9.17) is 21.1 Å². The number of aliphatic hydroxyl groups is 2. The smallest absolute Gasteiger partial charge is 0.411 e. The van der Waals surface area contributed by atoms with Gasteiger partial charge in [-0.3, -0.25) is 0 Å². The van der Waals surface area contributed by atoms with Gasteiger partial charge >= 0.3 is 6.18 Å². The largest absolute Gasteiger partial charge is 0.491 e. The van der Waals surface area contributed by atoms with Gasteiger partial charge in [0.25, 0.3) is 0 Å². The van der Waals surface area contributed by atoms with Crippen LogP contribution in [0, 0.1) is 0 Å². The van der Waals surface area contributed by atoms with Crippen LogP contribution in [-0.2, 0) is 15.9 Å². The number of hydrogen-bond acceptors (Lipinski definition) is 5. The normalized spacial score (nSPS) is 21.5. The number of benzene rings is 2. The number of rotatable bonds is 9. The Labute approximate surface area is 189 Å². The molecule has 1 aliphatic rings. The standard InChI is InChI=1S/C23H26ClF3O5/c24-21-6-3-16(22-12-18(29)11-20(13-28)32-22)10-17(21)9-15-1-4-19(5-2-15)31-8-7-30-14-23(25,26)27/h1-6,10,18,20,22,28-29H,7-9,11-14H2/t18?,20?,22-/m1/s1. The summed E-state index contributed by atoms with van der Waals surface area (Å²) in [6.45, 7) is -1.57. The predicted octanol–water partition coefficient (Wildman–Crippen LogP) is 4.46. The van der Waals surface area contributed by atoms with Crippen LogP contribution in [0.25, 0.3) is 0 Å². The van der Waals surface area contributed by atoms with Crippen LogP contribution < -0.4 is 4.74 Å². The monoisotopic (exact) mass is 474 g/mol. The third kappa shape index (κ3) is 7.64. The fraction of sp³-hybridized carbons (Fsp3) is 0.478. The molecule has 0 bridgehead atoms. The molecule has 1 heterocycles. The molecule has 2 aromatic carbocycles. The summed E-state index contributed by atoms with van der Waals surface area (Å²) in [6.07, 6.45) is -4.16. The Kier molecular flexibility index (Phi) is 8.79. The van der Waals surface area contributed by atoms with E-state index in [0.717, 1.165) is 16.7 Å². The van der Waals surface area contributed by atoms with E-state index in [9.17, 15) is 23.4 Å². The Morgan fingerprint density at radius 1 is 1.06 bits per heavy atom. The predicted molar refractivity (Wildman–Crippen MR) is 113 cm³/mol. The average Bonchev–Trinajstić information content (AvgIpc) is 2.75. The second kappa shape index (κ2) is 11.3. The van der Waals surface area contributed by atoms with Crippen LogP contribution in [0.15, 0.2) is 42.5 Å². The molecule has 3 atom stereocenters. The van der Waals surface area contributed by atoms with E-state index in [1.807, 2.05) is 24.3 Å². The zero-order valence-electron chi connectivity index (χ0n) is 17.4. The van der Waals surface area contributed by atoms with Crippen LogP contribution in [0.1, 0.15) is 35.6 Å². The lowest BCUT2D eigenvalue weighted by Crippen LogP contribution is -2.33. The average molecular weight is 475 g/mol. The molecular formula is C23H26ClF3O5. The van der Waals surface area contributed by atoms with E-state index >= 15 is 0 Å². The zero-order chi connectivity index (χ0) is 23.1. The van der Waals surface area contributed by atoms with E-state index in [1.165, 1.54) is 0 Å². The summed E-state index contributed by atoms with van der Waals surface area (Å²) in [6, 6.07) is 12.8. The third-order valence-corrected chi connectivity index (χ3v) is 5.47. The molecule has 9 heteroatoms. The Bertz CT molecular complexity index is 860. The topological polar surface area (TPSA) is 68.2 Å². The summed E-state index contributed by atoms with van der Waals surface area (Å²) >= 11 is 6.38. The molecular weight excluding hydrogens is 449 g/mol. The Morgan fingerprint density at radius 2 is 1.81 bits per heavy atom. The van der Waals surface area contributed by atoms with Gasteiger partial charge in [-0.05, 0) is 41.3 Å². The number of alkyl halides is 3. The molecule has 3 rings (SSSR count). The summed E-state index contributed by atoms with van der Waals surface area (Å²) in [5, 5.41) is 20.1. The molecule has 0 spiro atoms. The molecule has 2 unspecified atom stereocenters. The maximum absolute atomic E-state index is 12.0. The Balaban J connectivity index is 1.57. The highest BCUT2D eigenvalue weighted by atomic mass is 35.5. The molecule has 0 radical (unpaired) electrons. The highest BCUT2D eigenvalue weighted by Gasteiger charge is 2.29. The molecule has 1 saturated heterocycles. The SMILES string of the molecule is OCC1CC(O)C[C@H](c2ccc(Cl)c(Cc3ccc(OCCOCC(F)(F)F)cc3)c2)O1. The quantitative estimate of drug-likeness (QED) is 0.525. The summed E-state index contributed by atoms with van der Waals surface area (Å²) in [4.78, 5) is 0. The zero-order valence-corrected chi connectivity index (χ0v) is 18.1. The van der Waals surface area contributed by atoms with Crippen molar-refractivity contribution in [3.63, 3.8) is 0 Å². The van der Waals surface area contributed by atoms with Crippen LogP contribution in [0.3, 0.4) is 0 Å². The second-order valence-electron chi connectivity index (χ2n) is 7.74. The lowest BCUT2D eigenvalue weighted by atomic mass is 9.94. The van der Waals surface area contributed by atoms with Gasteiger partial charge in [0.2, 0.25) is 0 Å². The van der Waals surface area contributed by atoms with Crippen LogP contribution in [0.4, 0.5) is 13.2 Å². The summed E-state index contributed by atoms with van der Waals surface area (Å²) in [7, 11) is 0. The third-order valence-electron chi connectivity index (χ3n) is 5.10. The molecule has 2 aromatic rings. The fourth-order valence-corrected chi connectivity index (χ4v) is 3.77. The lowest BCUT2D eigenvalue weighted by Gasteiger charge is -2.32. The van der Waals surface area contributed by atoms with Crippen LogP contribution in [-0.4, -0.2) is 55.0 Å². The van der Waals surface area contributed by atoms with Crippen molar-refractivity contribution in [1.82, 2.24) is 0 Å². The second-order valence-corrected chi connectivity index (χ2v) is 8.15. The van der Waals surface area contributed by atoms with E-state index in [1.54, 1.807) is 18.2 Å². The van der Waals surface area contributed by atoms with E-state index in [2.05, 4.69) is 4.74 Å². The van der Waals surface area contributed by atoms with Gasteiger partial charge < -0.3 is 24.4 Å². The molecule has 0 aliphatic carbocycles. The fourth-order valence-electron chi connectivity index (χ4n) is 3.58. The van der Waals surface area contributed by atoms with Crippen LogP contribution in [0.5, 0.6) is 5.75 Å². The Hall–Kier alpha value is -1.84. The highest BCUT2D eigenvalue weighted by Crippen LogP contribution is 2.33. The Morgan fingerprint density at radius 3 is 2.50 bits per heavy atom. The van der Waals surface area contributed by atoms with E-state index in [-0.39, 0.29) is 25.9 Å². The van der Waals surface area contributed by atoms with Gasteiger partial charge in [-0.15, -0.1) is 0 Å². The van der Waals surface area contributed by atoms with Gasteiger partial charge in [0, 0.05) is 17.9 Å². The van der Waals surface area contributed by atoms with Gasteiger partial charge in [-0.25, -0.2) is 0 Å². The maximum Gasteiger partial charge on any atom is 0.411 e. The minimum atomic E-state index is -4.34. The van der Waals surface area contributed by atoms with Crippen molar-refractivity contribution in [2.24, 2.45) is 0 Å². The van der Waals surface area contributed by atoms with Gasteiger partial charge in [-0.1, -0.05) is 35.9 Å². The molecule has 5 nitrogen and oxygen atoms in total.